The second-order valence-electron chi connectivity index (χ2n) is 3.09. The lowest BCUT2D eigenvalue weighted by Gasteiger charge is -2.16. The van der Waals surface area contributed by atoms with Crippen molar-refractivity contribution >= 4 is 29.2 Å². The smallest absolute Gasteiger partial charge is 0.0690 e. The van der Waals surface area contributed by atoms with Crippen molar-refractivity contribution in [1.29, 1.82) is 0 Å². The number of para-hydroxylation sites is 1. The zero-order chi connectivity index (χ0) is 8.67. The van der Waals surface area contributed by atoms with Crippen LogP contribution in [0.5, 0.6) is 0 Å². The summed E-state index contributed by atoms with van der Waals surface area (Å²) in [5.41, 5.74) is 1.45. The van der Waals surface area contributed by atoms with Gasteiger partial charge in [0.15, 0.2) is 0 Å². The zero-order valence-electron chi connectivity index (χ0n) is 7.06. The highest BCUT2D eigenvalue weighted by Gasteiger charge is 2.22. The van der Waals surface area contributed by atoms with Gasteiger partial charge in [0.25, 0.3) is 0 Å². The summed E-state index contributed by atoms with van der Waals surface area (Å²) in [6.07, 6.45) is 2.24. The molecule has 0 aromatic heterocycles. The van der Waals surface area contributed by atoms with E-state index in [-0.39, 0.29) is 0 Å². The molecule has 0 spiro atoms. The number of benzene rings is 1. The van der Waals surface area contributed by atoms with Crippen LogP contribution in [-0.2, 0) is 0 Å². The Morgan fingerprint density at radius 2 is 2.15 bits per heavy atom. The summed E-state index contributed by atoms with van der Waals surface area (Å²) in [5, 5.41) is 2.19. The van der Waals surface area contributed by atoms with Crippen LogP contribution in [0, 0.1) is 0 Å². The molecule has 0 bridgehead atoms. The standard InChI is InChI=1S/C10H9NS2/c1-3-8-10-9(4-1)13-7-11(10)5-2-6-12-8/h1-4,6H,5,7H2. The van der Waals surface area contributed by atoms with Gasteiger partial charge in [-0.05, 0) is 17.5 Å². The average Bonchev–Trinajstić information content (AvgIpc) is 2.44. The number of nitrogens with zero attached hydrogens (tertiary/aromatic N) is 1. The fraction of sp³-hybridized carbons (Fsp3) is 0.200. The molecule has 0 radical (unpaired) electrons. The Balaban J connectivity index is 2.21. The maximum absolute atomic E-state index is 2.44. The van der Waals surface area contributed by atoms with Crippen LogP contribution >= 0.6 is 23.5 Å². The van der Waals surface area contributed by atoms with E-state index < -0.39 is 0 Å². The van der Waals surface area contributed by atoms with Gasteiger partial charge in [-0.1, -0.05) is 23.9 Å². The van der Waals surface area contributed by atoms with Crippen molar-refractivity contribution in [3.05, 3.63) is 29.7 Å². The van der Waals surface area contributed by atoms with E-state index in [1.54, 1.807) is 0 Å². The van der Waals surface area contributed by atoms with E-state index in [1.165, 1.54) is 15.5 Å². The predicted molar refractivity (Wildman–Crippen MR) is 59.5 cm³/mol. The van der Waals surface area contributed by atoms with Crippen molar-refractivity contribution in [3.8, 4) is 0 Å². The summed E-state index contributed by atoms with van der Waals surface area (Å²) >= 11 is 3.77. The summed E-state index contributed by atoms with van der Waals surface area (Å²) in [6.45, 7) is 1.06. The fourth-order valence-corrected chi connectivity index (χ4v) is 3.65. The third-order valence-corrected chi connectivity index (χ3v) is 4.26. The van der Waals surface area contributed by atoms with Crippen molar-refractivity contribution < 1.29 is 0 Å². The van der Waals surface area contributed by atoms with E-state index >= 15 is 0 Å². The molecule has 0 aliphatic carbocycles. The molecule has 0 atom stereocenters. The molecular weight excluding hydrogens is 198 g/mol. The highest BCUT2D eigenvalue weighted by Crippen LogP contribution is 2.45. The first kappa shape index (κ1) is 7.83. The first-order valence-electron chi connectivity index (χ1n) is 4.27. The Morgan fingerprint density at radius 1 is 1.23 bits per heavy atom. The maximum Gasteiger partial charge on any atom is 0.0690 e. The molecule has 1 aromatic carbocycles. The molecule has 0 N–H and O–H groups in total. The predicted octanol–water partition coefficient (Wildman–Crippen LogP) is 3.18. The van der Waals surface area contributed by atoms with Crippen LogP contribution in [0.25, 0.3) is 0 Å². The van der Waals surface area contributed by atoms with Crippen molar-refractivity contribution in [2.75, 3.05) is 17.3 Å². The minimum atomic E-state index is 1.06. The maximum atomic E-state index is 2.44. The van der Waals surface area contributed by atoms with Crippen LogP contribution in [0.3, 0.4) is 0 Å². The number of anilines is 1. The molecule has 0 fully saturated rings. The van der Waals surface area contributed by atoms with Gasteiger partial charge in [0.1, 0.15) is 0 Å². The second-order valence-corrected chi connectivity index (χ2v) is 5.02. The van der Waals surface area contributed by atoms with Gasteiger partial charge in [0.05, 0.1) is 11.6 Å². The zero-order valence-corrected chi connectivity index (χ0v) is 8.70. The number of hydrogen-bond donors (Lipinski definition) is 0. The molecular formula is C10H9NS2. The lowest BCUT2D eigenvalue weighted by molar-refractivity contribution is 0.993. The number of rotatable bonds is 0. The molecule has 3 heteroatoms. The van der Waals surface area contributed by atoms with Crippen LogP contribution < -0.4 is 4.90 Å². The molecule has 0 saturated heterocycles. The first-order chi connectivity index (χ1) is 6.45. The Labute approximate surface area is 86.2 Å². The summed E-state index contributed by atoms with van der Waals surface area (Å²) in [5.74, 6) is 1.11. The van der Waals surface area contributed by atoms with E-state index in [0.29, 0.717) is 0 Å². The lowest BCUT2D eigenvalue weighted by atomic mass is 10.3. The minimum absolute atomic E-state index is 1.06. The molecule has 2 heterocycles. The van der Waals surface area contributed by atoms with Crippen molar-refractivity contribution in [1.82, 2.24) is 0 Å². The minimum Gasteiger partial charge on any atom is -0.356 e. The summed E-state index contributed by atoms with van der Waals surface area (Å²) < 4.78 is 0. The van der Waals surface area contributed by atoms with Crippen molar-refractivity contribution in [3.63, 3.8) is 0 Å². The van der Waals surface area contributed by atoms with Gasteiger partial charge < -0.3 is 4.90 Å². The molecule has 66 valence electrons. The summed E-state index contributed by atoms with van der Waals surface area (Å²) in [6, 6.07) is 6.57. The summed E-state index contributed by atoms with van der Waals surface area (Å²) in [7, 11) is 0. The molecule has 2 aliphatic heterocycles. The highest BCUT2D eigenvalue weighted by molar-refractivity contribution is 8.02. The normalized spacial score (nSPS) is 18.6. The number of thioether (sulfide) groups is 2. The molecule has 0 unspecified atom stereocenters. The highest BCUT2D eigenvalue weighted by atomic mass is 32.2. The van der Waals surface area contributed by atoms with E-state index in [2.05, 4.69) is 34.6 Å². The topological polar surface area (TPSA) is 3.24 Å². The van der Waals surface area contributed by atoms with Gasteiger partial charge in [0, 0.05) is 16.3 Å². The SMILES string of the molecule is C1=CSc2cccc3c2N(C1)CS3. The van der Waals surface area contributed by atoms with Gasteiger partial charge in [-0.15, -0.1) is 11.8 Å². The average molecular weight is 207 g/mol. The fourth-order valence-electron chi connectivity index (χ4n) is 1.67. The van der Waals surface area contributed by atoms with Gasteiger partial charge in [-0.25, -0.2) is 0 Å². The van der Waals surface area contributed by atoms with Crippen molar-refractivity contribution in [2.24, 2.45) is 0 Å². The van der Waals surface area contributed by atoms with E-state index in [9.17, 15) is 0 Å². The second kappa shape index (κ2) is 3.00. The third-order valence-electron chi connectivity index (χ3n) is 2.27. The molecule has 2 aliphatic rings. The molecule has 13 heavy (non-hydrogen) atoms. The van der Waals surface area contributed by atoms with Gasteiger partial charge in [0.2, 0.25) is 0 Å². The van der Waals surface area contributed by atoms with Crippen LogP contribution in [0.2, 0.25) is 0 Å². The molecule has 1 nitrogen and oxygen atoms in total. The molecule has 3 rings (SSSR count). The quantitative estimate of drug-likeness (QED) is 0.643. The van der Waals surface area contributed by atoms with Crippen LogP contribution in [-0.4, -0.2) is 12.4 Å². The number of hydrogen-bond acceptors (Lipinski definition) is 3. The van der Waals surface area contributed by atoms with E-state index in [1.807, 2.05) is 23.5 Å². The Bertz CT molecular complexity index is 373. The van der Waals surface area contributed by atoms with E-state index in [4.69, 9.17) is 0 Å². The van der Waals surface area contributed by atoms with Crippen molar-refractivity contribution in [2.45, 2.75) is 9.79 Å². The monoisotopic (exact) mass is 207 g/mol. The van der Waals surface area contributed by atoms with Gasteiger partial charge in [-0.3, -0.25) is 0 Å². The largest absolute Gasteiger partial charge is 0.356 e. The third kappa shape index (κ3) is 1.18. The van der Waals surface area contributed by atoms with E-state index in [0.717, 1.165) is 12.4 Å². The molecule has 0 amide bonds. The molecule has 0 saturated carbocycles. The van der Waals surface area contributed by atoms with Gasteiger partial charge in [-0.2, -0.15) is 0 Å². The van der Waals surface area contributed by atoms with Crippen LogP contribution in [0.1, 0.15) is 0 Å². The summed E-state index contributed by atoms with van der Waals surface area (Å²) in [4.78, 5) is 5.27. The lowest BCUT2D eigenvalue weighted by Crippen LogP contribution is -2.18. The Hall–Kier alpha value is -0.540. The van der Waals surface area contributed by atoms with Crippen LogP contribution in [0.4, 0.5) is 5.69 Å². The van der Waals surface area contributed by atoms with Crippen LogP contribution in [0.15, 0.2) is 39.5 Å². The van der Waals surface area contributed by atoms with Gasteiger partial charge >= 0.3 is 0 Å². The molecule has 1 aromatic rings. The Morgan fingerprint density at radius 3 is 3.15 bits per heavy atom. The Kier molecular flexibility index (Phi) is 1.80. The first-order valence-corrected chi connectivity index (χ1v) is 6.14.